The first-order valence-electron chi connectivity index (χ1n) is 12.2. The van der Waals surface area contributed by atoms with Gasteiger partial charge in [0.15, 0.2) is 0 Å². The highest BCUT2D eigenvalue weighted by atomic mass is 16.5. The van der Waals surface area contributed by atoms with E-state index in [4.69, 9.17) is 9.47 Å². The SMILES string of the molecule is CCCCCCCCCCCCCCCCCCOc1cccc(O)c1C(=O)OC. The highest BCUT2D eigenvalue weighted by Gasteiger charge is 2.17. The van der Waals surface area contributed by atoms with Gasteiger partial charge in [-0.05, 0) is 18.6 Å². The van der Waals surface area contributed by atoms with Crippen molar-refractivity contribution in [3.63, 3.8) is 0 Å². The van der Waals surface area contributed by atoms with Gasteiger partial charge in [0.1, 0.15) is 17.1 Å². The number of benzene rings is 1. The molecule has 0 unspecified atom stereocenters. The molecule has 0 bridgehead atoms. The van der Waals surface area contributed by atoms with Gasteiger partial charge in [0, 0.05) is 0 Å². The number of phenols is 1. The Balaban J connectivity index is 1.93. The number of esters is 1. The van der Waals surface area contributed by atoms with Crippen LogP contribution in [-0.2, 0) is 4.74 Å². The van der Waals surface area contributed by atoms with Crippen LogP contribution in [0.15, 0.2) is 18.2 Å². The summed E-state index contributed by atoms with van der Waals surface area (Å²) in [6, 6.07) is 4.83. The van der Waals surface area contributed by atoms with Crippen molar-refractivity contribution in [1.29, 1.82) is 0 Å². The molecule has 30 heavy (non-hydrogen) atoms. The Hall–Kier alpha value is -1.71. The third-order valence-corrected chi connectivity index (χ3v) is 5.65. The lowest BCUT2D eigenvalue weighted by Crippen LogP contribution is -2.07. The molecule has 1 N–H and O–H groups in total. The summed E-state index contributed by atoms with van der Waals surface area (Å²) in [5.41, 5.74) is 0.108. The van der Waals surface area contributed by atoms with Gasteiger partial charge in [-0.15, -0.1) is 0 Å². The Morgan fingerprint density at radius 2 is 1.23 bits per heavy atom. The molecule has 4 nitrogen and oxygen atoms in total. The van der Waals surface area contributed by atoms with Gasteiger partial charge in [-0.3, -0.25) is 0 Å². The first-order chi connectivity index (χ1) is 14.7. The lowest BCUT2D eigenvalue weighted by Gasteiger charge is -2.11. The predicted molar refractivity (Wildman–Crippen MR) is 124 cm³/mol. The van der Waals surface area contributed by atoms with Crippen molar-refractivity contribution < 1.29 is 19.4 Å². The summed E-state index contributed by atoms with van der Waals surface area (Å²) in [5.74, 6) is -0.288. The van der Waals surface area contributed by atoms with Crippen LogP contribution in [0.3, 0.4) is 0 Å². The lowest BCUT2D eigenvalue weighted by molar-refractivity contribution is 0.0592. The molecule has 1 aromatic carbocycles. The van der Waals surface area contributed by atoms with Gasteiger partial charge in [-0.25, -0.2) is 4.79 Å². The number of rotatable bonds is 19. The fourth-order valence-corrected chi connectivity index (χ4v) is 3.78. The van der Waals surface area contributed by atoms with Crippen molar-refractivity contribution in [2.45, 2.75) is 110 Å². The molecule has 1 rings (SSSR count). The quantitative estimate of drug-likeness (QED) is 0.183. The number of methoxy groups -OCH3 is 1. The third kappa shape index (κ3) is 12.1. The van der Waals surface area contributed by atoms with Crippen LogP contribution in [0, 0.1) is 0 Å². The van der Waals surface area contributed by atoms with Crippen molar-refractivity contribution in [3.05, 3.63) is 23.8 Å². The second-order valence-electron chi connectivity index (χ2n) is 8.29. The van der Waals surface area contributed by atoms with Gasteiger partial charge in [-0.1, -0.05) is 109 Å². The van der Waals surface area contributed by atoms with E-state index in [-0.39, 0.29) is 11.3 Å². The summed E-state index contributed by atoms with van der Waals surface area (Å²) in [7, 11) is 1.30. The summed E-state index contributed by atoms with van der Waals surface area (Å²) in [6.07, 6.45) is 21.3. The Kier molecular flexibility index (Phi) is 15.9. The van der Waals surface area contributed by atoms with Gasteiger partial charge in [0.05, 0.1) is 13.7 Å². The van der Waals surface area contributed by atoms with Crippen LogP contribution < -0.4 is 4.74 Å². The molecule has 172 valence electrons. The molecule has 0 heterocycles. The third-order valence-electron chi connectivity index (χ3n) is 5.65. The molecule has 0 aromatic heterocycles. The van der Waals surface area contributed by atoms with Crippen molar-refractivity contribution in [2.75, 3.05) is 13.7 Å². The van der Waals surface area contributed by atoms with Crippen LogP contribution in [0.5, 0.6) is 11.5 Å². The highest BCUT2D eigenvalue weighted by molar-refractivity contribution is 5.95. The lowest BCUT2D eigenvalue weighted by atomic mass is 10.0. The van der Waals surface area contributed by atoms with Crippen LogP contribution in [0.25, 0.3) is 0 Å². The van der Waals surface area contributed by atoms with E-state index in [2.05, 4.69) is 6.92 Å². The molecule has 0 aliphatic carbocycles. The van der Waals surface area contributed by atoms with E-state index in [1.165, 1.54) is 103 Å². The predicted octanol–water partition coefficient (Wildman–Crippen LogP) is 7.82. The molecule has 4 heteroatoms. The van der Waals surface area contributed by atoms with Crippen LogP contribution in [0.2, 0.25) is 0 Å². The van der Waals surface area contributed by atoms with Gasteiger partial charge >= 0.3 is 5.97 Å². The zero-order chi connectivity index (χ0) is 21.9. The number of carbonyl (C=O) groups excluding carboxylic acids is 1. The monoisotopic (exact) mass is 420 g/mol. The summed E-state index contributed by atoms with van der Waals surface area (Å²) in [5, 5.41) is 9.86. The molecule has 1 aromatic rings. The Morgan fingerprint density at radius 3 is 1.70 bits per heavy atom. The molecule has 0 spiro atoms. The van der Waals surface area contributed by atoms with E-state index in [0.29, 0.717) is 12.4 Å². The average molecular weight is 421 g/mol. The highest BCUT2D eigenvalue weighted by Crippen LogP contribution is 2.28. The average Bonchev–Trinajstić information content (AvgIpc) is 2.75. The van der Waals surface area contributed by atoms with Gasteiger partial charge < -0.3 is 14.6 Å². The van der Waals surface area contributed by atoms with Crippen molar-refractivity contribution in [3.8, 4) is 11.5 Å². The molecular formula is C26H44O4. The van der Waals surface area contributed by atoms with Crippen LogP contribution >= 0.6 is 0 Å². The number of carbonyl (C=O) groups is 1. The number of phenolic OH excluding ortho intramolecular Hbond substituents is 1. The molecule has 0 aliphatic heterocycles. The van der Waals surface area contributed by atoms with Crippen LogP contribution in [0.4, 0.5) is 0 Å². The molecule has 0 saturated heterocycles. The van der Waals surface area contributed by atoms with E-state index >= 15 is 0 Å². The summed E-state index contributed by atoms with van der Waals surface area (Å²) < 4.78 is 10.4. The maximum atomic E-state index is 11.8. The molecule has 0 amide bonds. The number of hydrogen-bond donors (Lipinski definition) is 1. The second-order valence-corrected chi connectivity index (χ2v) is 8.29. The molecule has 0 atom stereocenters. The van der Waals surface area contributed by atoms with E-state index in [9.17, 15) is 9.90 Å². The first-order valence-corrected chi connectivity index (χ1v) is 12.2. The standard InChI is InChI=1S/C26H44O4/c1-3-4-5-6-7-8-9-10-11-12-13-14-15-16-17-18-22-30-24-21-19-20-23(27)25(24)26(28)29-2/h19-21,27H,3-18,22H2,1-2H3. The zero-order valence-electron chi connectivity index (χ0n) is 19.4. The van der Waals surface area contributed by atoms with Gasteiger partial charge in [0.25, 0.3) is 0 Å². The summed E-state index contributed by atoms with van der Waals surface area (Å²) in [6.45, 7) is 2.82. The fraction of sp³-hybridized carbons (Fsp3) is 0.731. The Labute approximate surface area is 184 Å². The first kappa shape index (κ1) is 26.3. The van der Waals surface area contributed by atoms with Crippen LogP contribution in [0.1, 0.15) is 120 Å². The van der Waals surface area contributed by atoms with Gasteiger partial charge in [0.2, 0.25) is 0 Å². The number of aromatic hydroxyl groups is 1. The smallest absolute Gasteiger partial charge is 0.345 e. The molecular weight excluding hydrogens is 376 g/mol. The second kappa shape index (κ2) is 18.1. The Bertz CT molecular complexity index is 556. The largest absolute Gasteiger partial charge is 0.507 e. The van der Waals surface area contributed by atoms with Crippen LogP contribution in [-0.4, -0.2) is 24.8 Å². The minimum absolute atomic E-state index is 0.105. The molecule has 0 saturated carbocycles. The molecule has 0 radical (unpaired) electrons. The normalized spacial score (nSPS) is 10.9. The zero-order valence-corrected chi connectivity index (χ0v) is 19.4. The minimum atomic E-state index is -0.574. The van der Waals surface area contributed by atoms with Crippen molar-refractivity contribution in [1.82, 2.24) is 0 Å². The maximum Gasteiger partial charge on any atom is 0.345 e. The van der Waals surface area contributed by atoms with E-state index < -0.39 is 5.97 Å². The topological polar surface area (TPSA) is 55.8 Å². The van der Waals surface area contributed by atoms with Crippen molar-refractivity contribution in [2.24, 2.45) is 0 Å². The molecule has 0 aliphatic rings. The number of hydrogen-bond acceptors (Lipinski definition) is 4. The number of unbranched alkanes of at least 4 members (excludes halogenated alkanes) is 15. The maximum absolute atomic E-state index is 11.8. The minimum Gasteiger partial charge on any atom is -0.507 e. The number of ether oxygens (including phenoxy) is 2. The fourth-order valence-electron chi connectivity index (χ4n) is 3.78. The van der Waals surface area contributed by atoms with E-state index in [1.807, 2.05) is 0 Å². The Morgan fingerprint density at radius 1 is 0.767 bits per heavy atom. The van der Waals surface area contributed by atoms with Gasteiger partial charge in [-0.2, -0.15) is 0 Å². The van der Waals surface area contributed by atoms with E-state index in [1.54, 1.807) is 12.1 Å². The van der Waals surface area contributed by atoms with E-state index in [0.717, 1.165) is 12.8 Å². The summed E-state index contributed by atoms with van der Waals surface area (Å²) >= 11 is 0. The van der Waals surface area contributed by atoms with Crippen molar-refractivity contribution >= 4 is 5.97 Å². The molecule has 0 fully saturated rings. The summed E-state index contributed by atoms with van der Waals surface area (Å²) in [4.78, 5) is 11.8.